The standard InChI is InChI=1S/C20H27N7O8S/c1-35-20(34)11-3-2-5-26(11)19(33)12-7-10(4-6-25(12)13(28)8-36-9-14(29)30)27-16(18(22)32)15(17(21)31)23-24-27/h10-12H,2-9H2,1H3,(H2,21,31)(H2,22,32)(H,29,30)/t10-,11+,12-/m0/s1. The molecule has 0 spiro atoms. The van der Waals surface area contributed by atoms with Gasteiger partial charge in [0, 0.05) is 13.1 Å². The minimum atomic E-state index is -1.08. The fraction of sp³-hybridized carbons (Fsp3) is 0.600. The molecule has 3 heterocycles. The number of amides is 4. The van der Waals surface area contributed by atoms with Gasteiger partial charge < -0.3 is 31.1 Å². The molecule has 3 rings (SSSR count). The molecular weight excluding hydrogens is 498 g/mol. The van der Waals surface area contributed by atoms with Crippen LogP contribution in [-0.4, -0.2) is 109 Å². The first kappa shape index (κ1) is 26.9. The summed E-state index contributed by atoms with van der Waals surface area (Å²) in [6.45, 7) is 0.353. The molecule has 0 radical (unpaired) electrons. The highest BCUT2D eigenvalue weighted by Gasteiger charge is 2.44. The smallest absolute Gasteiger partial charge is 0.328 e. The zero-order valence-corrected chi connectivity index (χ0v) is 20.3. The molecule has 2 fully saturated rings. The lowest BCUT2D eigenvalue weighted by atomic mass is 9.95. The average molecular weight is 526 g/mol. The average Bonchev–Trinajstić information content (AvgIpc) is 3.50. The van der Waals surface area contributed by atoms with Crippen molar-refractivity contribution in [3.63, 3.8) is 0 Å². The van der Waals surface area contributed by atoms with Crippen LogP contribution in [0, 0.1) is 0 Å². The summed E-state index contributed by atoms with van der Waals surface area (Å²) in [5.74, 6) is -5.00. The normalized spacial score (nSPS) is 21.8. The van der Waals surface area contributed by atoms with Crippen LogP contribution in [0.4, 0.5) is 0 Å². The van der Waals surface area contributed by atoms with Crippen molar-refractivity contribution < 1.29 is 38.6 Å². The van der Waals surface area contributed by atoms with E-state index >= 15 is 0 Å². The minimum absolute atomic E-state index is 0.0135. The highest BCUT2D eigenvalue weighted by molar-refractivity contribution is 8.00. The number of esters is 1. The molecule has 3 atom stereocenters. The maximum Gasteiger partial charge on any atom is 0.328 e. The van der Waals surface area contributed by atoms with E-state index in [1.165, 1.54) is 16.9 Å². The van der Waals surface area contributed by atoms with E-state index in [4.69, 9.17) is 21.3 Å². The van der Waals surface area contributed by atoms with E-state index in [1.807, 2.05) is 0 Å². The van der Waals surface area contributed by atoms with Crippen LogP contribution in [0.25, 0.3) is 0 Å². The quantitative estimate of drug-likeness (QED) is 0.299. The van der Waals surface area contributed by atoms with Crippen molar-refractivity contribution in [1.29, 1.82) is 0 Å². The van der Waals surface area contributed by atoms with Crippen molar-refractivity contribution in [2.24, 2.45) is 11.5 Å². The van der Waals surface area contributed by atoms with E-state index in [9.17, 15) is 28.8 Å². The molecule has 5 N–H and O–H groups in total. The largest absolute Gasteiger partial charge is 0.481 e. The Morgan fingerprint density at radius 3 is 2.36 bits per heavy atom. The van der Waals surface area contributed by atoms with E-state index in [0.29, 0.717) is 12.8 Å². The van der Waals surface area contributed by atoms with Crippen molar-refractivity contribution in [3.05, 3.63) is 11.4 Å². The van der Waals surface area contributed by atoms with E-state index < -0.39 is 59.4 Å². The Balaban J connectivity index is 1.91. The van der Waals surface area contributed by atoms with Crippen LogP contribution in [0.2, 0.25) is 0 Å². The van der Waals surface area contributed by atoms with Crippen LogP contribution in [0.5, 0.6) is 0 Å². The Bertz CT molecular complexity index is 1080. The first-order valence-electron chi connectivity index (χ1n) is 11.1. The number of carbonyl (C=O) groups excluding carboxylic acids is 5. The van der Waals surface area contributed by atoms with E-state index in [0.717, 1.165) is 16.4 Å². The molecule has 16 heteroatoms. The third-order valence-corrected chi connectivity index (χ3v) is 7.05. The van der Waals surface area contributed by atoms with Crippen LogP contribution >= 0.6 is 11.8 Å². The number of aliphatic carboxylic acids is 1. The lowest BCUT2D eigenvalue weighted by molar-refractivity contribution is -0.155. The lowest BCUT2D eigenvalue weighted by Crippen LogP contribution is -2.57. The summed E-state index contributed by atoms with van der Waals surface area (Å²) < 4.78 is 5.96. The number of methoxy groups -OCH3 is 1. The number of hydrogen-bond acceptors (Lipinski definition) is 10. The summed E-state index contributed by atoms with van der Waals surface area (Å²) in [6, 6.07) is -2.49. The van der Waals surface area contributed by atoms with Gasteiger partial charge in [-0.25, -0.2) is 9.48 Å². The number of carbonyl (C=O) groups is 6. The number of carboxylic acids is 1. The highest BCUT2D eigenvalue weighted by atomic mass is 32.2. The summed E-state index contributed by atoms with van der Waals surface area (Å²) in [6.07, 6.45) is 1.20. The van der Waals surface area contributed by atoms with E-state index in [2.05, 4.69) is 10.3 Å². The van der Waals surface area contributed by atoms with Crippen molar-refractivity contribution in [2.45, 2.75) is 43.8 Å². The zero-order valence-electron chi connectivity index (χ0n) is 19.5. The molecule has 0 aromatic carbocycles. The van der Waals surface area contributed by atoms with Gasteiger partial charge in [-0.1, -0.05) is 5.21 Å². The van der Waals surface area contributed by atoms with Gasteiger partial charge in [0.1, 0.15) is 12.1 Å². The number of hydrogen-bond donors (Lipinski definition) is 3. The van der Waals surface area contributed by atoms with Crippen LogP contribution in [0.15, 0.2) is 0 Å². The molecule has 1 aromatic rings. The molecule has 4 amide bonds. The van der Waals surface area contributed by atoms with Gasteiger partial charge in [-0.2, -0.15) is 0 Å². The van der Waals surface area contributed by atoms with Gasteiger partial charge in [0.2, 0.25) is 11.8 Å². The lowest BCUT2D eigenvalue weighted by Gasteiger charge is -2.40. The highest BCUT2D eigenvalue weighted by Crippen LogP contribution is 2.32. The van der Waals surface area contributed by atoms with E-state index in [-0.39, 0.29) is 43.1 Å². The van der Waals surface area contributed by atoms with Crippen molar-refractivity contribution in [3.8, 4) is 0 Å². The van der Waals surface area contributed by atoms with Crippen LogP contribution < -0.4 is 11.5 Å². The molecular formula is C20H27N7O8S. The van der Waals surface area contributed by atoms with Gasteiger partial charge in [-0.05, 0) is 25.7 Å². The number of primary amides is 2. The number of rotatable bonds is 9. The molecule has 15 nitrogen and oxygen atoms in total. The van der Waals surface area contributed by atoms with Gasteiger partial charge in [0.25, 0.3) is 11.8 Å². The number of aromatic nitrogens is 3. The first-order chi connectivity index (χ1) is 17.1. The van der Waals surface area contributed by atoms with Crippen LogP contribution in [0.3, 0.4) is 0 Å². The summed E-state index contributed by atoms with van der Waals surface area (Å²) >= 11 is 0.898. The number of ether oxygens (including phenoxy) is 1. The Morgan fingerprint density at radius 2 is 1.75 bits per heavy atom. The number of carboxylic acid groups (broad SMARTS) is 1. The summed E-state index contributed by atoms with van der Waals surface area (Å²) in [5.41, 5.74) is 10.0. The monoisotopic (exact) mass is 525 g/mol. The van der Waals surface area contributed by atoms with Crippen molar-refractivity contribution >= 4 is 47.3 Å². The second-order valence-corrected chi connectivity index (χ2v) is 9.33. The Hall–Kier alpha value is -3.69. The zero-order chi connectivity index (χ0) is 26.6. The second-order valence-electron chi connectivity index (χ2n) is 8.34. The molecule has 0 unspecified atom stereocenters. The molecule has 2 aliphatic heterocycles. The van der Waals surface area contributed by atoms with Crippen molar-refractivity contribution in [1.82, 2.24) is 24.8 Å². The third-order valence-electron chi connectivity index (χ3n) is 6.15. The molecule has 196 valence electrons. The van der Waals surface area contributed by atoms with Crippen molar-refractivity contribution in [2.75, 3.05) is 31.7 Å². The molecule has 2 aliphatic rings. The number of nitrogens with two attached hydrogens (primary N) is 2. The van der Waals surface area contributed by atoms with Gasteiger partial charge >= 0.3 is 11.9 Å². The molecule has 36 heavy (non-hydrogen) atoms. The summed E-state index contributed by atoms with van der Waals surface area (Å²) in [4.78, 5) is 76.1. The molecule has 0 saturated carbocycles. The Kier molecular flexibility index (Phi) is 8.49. The number of thioether (sulfide) groups is 1. The fourth-order valence-corrected chi connectivity index (χ4v) is 5.17. The number of nitrogens with zero attached hydrogens (tertiary/aromatic N) is 5. The second kappa shape index (κ2) is 11.4. The predicted molar refractivity (Wildman–Crippen MR) is 123 cm³/mol. The molecule has 0 aliphatic carbocycles. The van der Waals surface area contributed by atoms with Crippen LogP contribution in [-0.2, 0) is 23.9 Å². The molecule has 1 aromatic heterocycles. The maximum atomic E-state index is 13.6. The van der Waals surface area contributed by atoms with Gasteiger partial charge in [0.15, 0.2) is 11.4 Å². The summed E-state index contributed by atoms with van der Waals surface area (Å²) in [7, 11) is 1.22. The summed E-state index contributed by atoms with van der Waals surface area (Å²) in [5, 5.41) is 16.4. The van der Waals surface area contributed by atoms with Crippen LogP contribution in [0.1, 0.15) is 52.7 Å². The first-order valence-corrected chi connectivity index (χ1v) is 12.2. The molecule has 0 bridgehead atoms. The van der Waals surface area contributed by atoms with Gasteiger partial charge in [-0.15, -0.1) is 16.9 Å². The third kappa shape index (κ3) is 5.58. The number of likely N-dealkylation sites (tertiary alicyclic amines) is 2. The SMILES string of the molecule is COC(=O)[C@H]1CCCN1C(=O)[C@@H]1C[C@@H](n2nnc(C(N)=O)c2C(N)=O)CCN1C(=O)CSCC(=O)O. The fourth-order valence-electron chi connectivity index (χ4n) is 4.56. The van der Waals surface area contributed by atoms with Gasteiger partial charge in [0.05, 0.1) is 24.7 Å². The predicted octanol–water partition coefficient (Wildman–Crippen LogP) is -2.01. The number of piperidine rings is 1. The molecule has 2 saturated heterocycles. The minimum Gasteiger partial charge on any atom is -0.481 e. The van der Waals surface area contributed by atoms with E-state index in [1.54, 1.807) is 0 Å². The maximum absolute atomic E-state index is 13.6. The Morgan fingerprint density at radius 1 is 1.03 bits per heavy atom. The van der Waals surface area contributed by atoms with Gasteiger partial charge in [-0.3, -0.25) is 24.0 Å². The topological polar surface area (TPSA) is 221 Å². The Labute approximate surface area is 209 Å².